The molecule has 0 aliphatic heterocycles. The van der Waals surface area contributed by atoms with Crippen LogP contribution in [0.2, 0.25) is 0 Å². The average Bonchev–Trinajstić information content (AvgIpc) is 2.83. The molecule has 0 aromatic heterocycles. The fourth-order valence-electron chi connectivity index (χ4n) is 3.77. The summed E-state index contributed by atoms with van der Waals surface area (Å²) in [6.07, 6.45) is 9.15. The van der Waals surface area contributed by atoms with Crippen LogP contribution in [0, 0.1) is 0 Å². The van der Waals surface area contributed by atoms with Gasteiger partial charge in [-0.15, -0.1) is 0 Å². The summed E-state index contributed by atoms with van der Waals surface area (Å²) < 4.78 is 12.2. The Morgan fingerprint density at radius 3 is 2.31 bits per heavy atom. The lowest BCUT2D eigenvalue weighted by atomic mass is 9.98. The molecule has 1 unspecified atom stereocenters. The number of hydrogen-bond donors (Lipinski definition) is 1. The van der Waals surface area contributed by atoms with Crippen LogP contribution >= 0.6 is 0 Å². The van der Waals surface area contributed by atoms with Crippen LogP contribution in [0.25, 0.3) is 23.3 Å². The molecule has 3 rings (SSSR count). The van der Waals surface area contributed by atoms with Crippen LogP contribution < -0.4 is 14.8 Å². The minimum absolute atomic E-state index is 0.0222. The van der Waals surface area contributed by atoms with Crippen molar-refractivity contribution in [1.82, 2.24) is 5.32 Å². The number of methoxy groups -OCH3 is 1. The standard InChI is InChI=1S/C29H33NO2/c1-5-10-22-14-16-29(31-4)26(20-22)24-15-17-27(25(21-24)11-6-2)32-28(18-19-30-3)23-12-8-7-9-13-23/h5-17,20-21,28,30H,18-19H2,1-4H3. The SMILES string of the molecule is CC=Cc1ccc(OC)c(-c2ccc(OC(CCNC)c3ccccc3)c(C=CC)c2)c1. The summed E-state index contributed by atoms with van der Waals surface area (Å²) in [5.41, 5.74) is 5.54. The molecule has 0 saturated heterocycles. The van der Waals surface area contributed by atoms with E-state index in [1.54, 1.807) is 7.11 Å². The lowest BCUT2D eigenvalue weighted by molar-refractivity contribution is 0.194. The third kappa shape index (κ3) is 5.89. The van der Waals surface area contributed by atoms with Crippen molar-refractivity contribution >= 4 is 12.2 Å². The van der Waals surface area contributed by atoms with Gasteiger partial charge in [0, 0.05) is 17.5 Å². The zero-order valence-electron chi connectivity index (χ0n) is 19.5. The molecule has 0 aliphatic carbocycles. The Hall–Kier alpha value is -3.30. The van der Waals surface area contributed by atoms with Crippen LogP contribution in [0.1, 0.15) is 43.1 Å². The zero-order valence-corrected chi connectivity index (χ0v) is 19.5. The average molecular weight is 428 g/mol. The number of nitrogens with one attached hydrogen (secondary N) is 1. The van der Waals surface area contributed by atoms with Crippen molar-refractivity contribution in [2.75, 3.05) is 20.7 Å². The van der Waals surface area contributed by atoms with Gasteiger partial charge in [0.2, 0.25) is 0 Å². The molecule has 3 heteroatoms. The number of hydrogen-bond acceptors (Lipinski definition) is 3. The molecule has 166 valence electrons. The van der Waals surface area contributed by atoms with Crippen molar-refractivity contribution in [1.29, 1.82) is 0 Å². The van der Waals surface area contributed by atoms with Crippen molar-refractivity contribution < 1.29 is 9.47 Å². The molecule has 0 fully saturated rings. The van der Waals surface area contributed by atoms with Crippen LogP contribution in [-0.2, 0) is 0 Å². The highest BCUT2D eigenvalue weighted by Crippen LogP contribution is 2.36. The minimum Gasteiger partial charge on any atom is -0.496 e. The Morgan fingerprint density at radius 2 is 1.62 bits per heavy atom. The van der Waals surface area contributed by atoms with Crippen LogP contribution in [0.15, 0.2) is 78.9 Å². The maximum Gasteiger partial charge on any atom is 0.127 e. The zero-order chi connectivity index (χ0) is 22.8. The van der Waals surface area contributed by atoms with Gasteiger partial charge in [-0.3, -0.25) is 0 Å². The molecule has 0 bridgehead atoms. The topological polar surface area (TPSA) is 30.5 Å². The second kappa shape index (κ2) is 11.9. The third-order valence-electron chi connectivity index (χ3n) is 5.35. The number of benzene rings is 3. The molecular formula is C29H33NO2. The van der Waals surface area contributed by atoms with Crippen LogP contribution in [0.4, 0.5) is 0 Å². The highest BCUT2D eigenvalue weighted by atomic mass is 16.5. The predicted molar refractivity (Wildman–Crippen MR) is 136 cm³/mol. The Kier molecular flexibility index (Phi) is 8.70. The van der Waals surface area contributed by atoms with E-state index in [1.807, 2.05) is 45.2 Å². The van der Waals surface area contributed by atoms with Crippen molar-refractivity contribution in [3.8, 4) is 22.6 Å². The van der Waals surface area contributed by atoms with Crippen molar-refractivity contribution in [3.05, 3.63) is 95.6 Å². The first-order chi connectivity index (χ1) is 15.7. The van der Waals surface area contributed by atoms with E-state index < -0.39 is 0 Å². The van der Waals surface area contributed by atoms with Gasteiger partial charge < -0.3 is 14.8 Å². The van der Waals surface area contributed by atoms with Gasteiger partial charge in [-0.05, 0) is 68.4 Å². The molecule has 3 aromatic carbocycles. The molecule has 3 nitrogen and oxygen atoms in total. The highest BCUT2D eigenvalue weighted by molar-refractivity contribution is 5.77. The first kappa shape index (κ1) is 23.4. The van der Waals surface area contributed by atoms with Gasteiger partial charge in [0.05, 0.1) is 7.11 Å². The second-order valence-corrected chi connectivity index (χ2v) is 7.62. The smallest absolute Gasteiger partial charge is 0.127 e. The maximum atomic E-state index is 6.56. The highest BCUT2D eigenvalue weighted by Gasteiger charge is 2.16. The fourth-order valence-corrected chi connectivity index (χ4v) is 3.77. The monoisotopic (exact) mass is 427 g/mol. The number of rotatable bonds is 10. The van der Waals surface area contributed by atoms with Gasteiger partial charge in [0.1, 0.15) is 17.6 Å². The van der Waals surface area contributed by atoms with Gasteiger partial charge in [0.15, 0.2) is 0 Å². The van der Waals surface area contributed by atoms with Crippen LogP contribution in [-0.4, -0.2) is 20.7 Å². The lowest BCUT2D eigenvalue weighted by Crippen LogP contribution is -2.16. The molecule has 0 radical (unpaired) electrons. The summed E-state index contributed by atoms with van der Waals surface area (Å²) in [5, 5.41) is 3.24. The van der Waals surface area contributed by atoms with Gasteiger partial charge in [-0.1, -0.05) is 66.8 Å². The van der Waals surface area contributed by atoms with E-state index >= 15 is 0 Å². The molecule has 0 amide bonds. The fraction of sp³-hybridized carbons (Fsp3) is 0.241. The largest absolute Gasteiger partial charge is 0.496 e. The summed E-state index contributed by atoms with van der Waals surface area (Å²) in [6.45, 7) is 4.93. The van der Waals surface area contributed by atoms with E-state index in [1.165, 1.54) is 5.56 Å². The molecule has 0 aliphatic rings. The Balaban J connectivity index is 2.00. The van der Waals surface area contributed by atoms with Crippen molar-refractivity contribution in [3.63, 3.8) is 0 Å². The second-order valence-electron chi connectivity index (χ2n) is 7.62. The number of allylic oxidation sites excluding steroid dienone is 2. The maximum absolute atomic E-state index is 6.56. The molecule has 0 saturated carbocycles. The summed E-state index contributed by atoms with van der Waals surface area (Å²) in [4.78, 5) is 0. The quantitative estimate of drug-likeness (QED) is 0.372. The van der Waals surface area contributed by atoms with E-state index in [0.29, 0.717) is 0 Å². The van der Waals surface area contributed by atoms with Gasteiger partial charge >= 0.3 is 0 Å². The summed E-state index contributed by atoms with van der Waals surface area (Å²) >= 11 is 0. The van der Waals surface area contributed by atoms with Crippen molar-refractivity contribution in [2.24, 2.45) is 0 Å². The van der Waals surface area contributed by atoms with E-state index in [0.717, 1.165) is 46.7 Å². The molecule has 32 heavy (non-hydrogen) atoms. The van der Waals surface area contributed by atoms with E-state index in [2.05, 4.69) is 72.1 Å². The molecule has 1 N–H and O–H groups in total. The summed E-state index contributed by atoms with van der Waals surface area (Å²) in [5.74, 6) is 1.73. The van der Waals surface area contributed by atoms with Crippen molar-refractivity contribution in [2.45, 2.75) is 26.4 Å². The van der Waals surface area contributed by atoms with Crippen LogP contribution in [0.3, 0.4) is 0 Å². The molecular weight excluding hydrogens is 394 g/mol. The molecule has 1 atom stereocenters. The Morgan fingerprint density at radius 1 is 0.875 bits per heavy atom. The molecule has 0 heterocycles. The van der Waals surface area contributed by atoms with Crippen LogP contribution in [0.5, 0.6) is 11.5 Å². The molecule has 0 spiro atoms. The Labute approximate surface area is 192 Å². The predicted octanol–water partition coefficient (Wildman–Crippen LogP) is 7.16. The first-order valence-electron chi connectivity index (χ1n) is 11.1. The van der Waals surface area contributed by atoms with Gasteiger partial charge in [0.25, 0.3) is 0 Å². The lowest BCUT2D eigenvalue weighted by Gasteiger charge is -2.22. The van der Waals surface area contributed by atoms with E-state index in [9.17, 15) is 0 Å². The Bertz CT molecular complexity index is 1050. The van der Waals surface area contributed by atoms with Gasteiger partial charge in [-0.25, -0.2) is 0 Å². The van der Waals surface area contributed by atoms with Gasteiger partial charge in [-0.2, -0.15) is 0 Å². The molecule has 3 aromatic rings. The third-order valence-corrected chi connectivity index (χ3v) is 5.35. The normalized spacial score (nSPS) is 12.4. The van der Waals surface area contributed by atoms with E-state index in [-0.39, 0.29) is 6.10 Å². The summed E-state index contributed by atoms with van der Waals surface area (Å²) in [6, 6.07) is 23.0. The minimum atomic E-state index is -0.0222. The summed E-state index contributed by atoms with van der Waals surface area (Å²) in [7, 11) is 3.68. The first-order valence-corrected chi connectivity index (χ1v) is 11.1. The van der Waals surface area contributed by atoms with E-state index in [4.69, 9.17) is 9.47 Å². The number of ether oxygens (including phenoxy) is 2.